The summed E-state index contributed by atoms with van der Waals surface area (Å²) in [5.41, 5.74) is 3.75. The van der Waals surface area contributed by atoms with Crippen molar-refractivity contribution < 1.29 is 18.0 Å². The summed E-state index contributed by atoms with van der Waals surface area (Å²) in [5.74, 6) is -0.499. The number of fused-ring (bicyclic) bond motifs is 1. The predicted molar refractivity (Wildman–Crippen MR) is 117 cm³/mol. The fraction of sp³-hybridized carbons (Fsp3) is 0.391. The van der Waals surface area contributed by atoms with Gasteiger partial charge in [0.2, 0.25) is 15.9 Å². The van der Waals surface area contributed by atoms with Gasteiger partial charge in [-0.25, -0.2) is 8.42 Å². The van der Waals surface area contributed by atoms with E-state index in [1.165, 1.54) is 9.87 Å². The van der Waals surface area contributed by atoms with Crippen molar-refractivity contribution in [3.05, 3.63) is 64.7 Å². The van der Waals surface area contributed by atoms with Crippen LogP contribution in [0.5, 0.6) is 0 Å². The topological polar surface area (TPSA) is 86.8 Å². The van der Waals surface area contributed by atoms with Gasteiger partial charge in [0.05, 0.1) is 11.4 Å². The van der Waals surface area contributed by atoms with Crippen LogP contribution in [0.3, 0.4) is 0 Å². The number of carbonyl (C=O) groups is 2. The lowest BCUT2D eigenvalue weighted by Crippen LogP contribution is -2.52. The molecule has 2 aromatic carbocycles. The zero-order chi connectivity index (χ0) is 22.0. The molecule has 0 atom stereocenters. The smallest absolute Gasteiger partial charge is 0.251 e. The lowest BCUT2D eigenvalue weighted by molar-refractivity contribution is -0.131. The predicted octanol–water partition coefficient (Wildman–Crippen LogP) is 1.75. The Balaban J connectivity index is 1.32. The van der Waals surface area contributed by atoms with E-state index in [1.54, 1.807) is 29.2 Å². The monoisotopic (exact) mass is 441 g/mol. The Morgan fingerprint density at radius 2 is 1.68 bits per heavy atom. The van der Waals surface area contributed by atoms with Gasteiger partial charge in [-0.2, -0.15) is 4.31 Å². The third-order valence-electron chi connectivity index (χ3n) is 6.09. The summed E-state index contributed by atoms with van der Waals surface area (Å²) < 4.78 is 27.5. The Labute approximate surface area is 183 Å². The number of nitrogens with one attached hydrogen (secondary N) is 1. The first-order valence-corrected chi connectivity index (χ1v) is 12.0. The van der Waals surface area contributed by atoms with Gasteiger partial charge >= 0.3 is 0 Å². The summed E-state index contributed by atoms with van der Waals surface area (Å²) >= 11 is 0. The standard InChI is InChI=1S/C23H27N3O4S/c1-17-5-2-3-8-21(17)23(28)24-16-22(27)25-11-13-26(14-12-25)31(29,30)20-10-9-18-6-4-7-19(18)15-20/h2-3,5,8-10,15H,4,6-7,11-14,16H2,1H3,(H,24,28). The van der Waals surface area contributed by atoms with Crippen molar-refractivity contribution in [3.8, 4) is 0 Å². The molecule has 31 heavy (non-hydrogen) atoms. The molecular weight excluding hydrogens is 414 g/mol. The molecule has 2 amide bonds. The highest BCUT2D eigenvalue weighted by Gasteiger charge is 2.31. The van der Waals surface area contributed by atoms with Crippen LogP contribution in [0, 0.1) is 6.92 Å². The van der Waals surface area contributed by atoms with Crippen LogP contribution in [0.2, 0.25) is 0 Å². The highest BCUT2D eigenvalue weighted by Crippen LogP contribution is 2.26. The number of hydrogen-bond donors (Lipinski definition) is 1. The van der Waals surface area contributed by atoms with Crippen LogP contribution >= 0.6 is 0 Å². The quantitative estimate of drug-likeness (QED) is 0.766. The molecular formula is C23H27N3O4S. The fourth-order valence-electron chi connectivity index (χ4n) is 4.23. The van der Waals surface area contributed by atoms with Gasteiger partial charge in [-0.1, -0.05) is 24.3 Å². The van der Waals surface area contributed by atoms with Crippen molar-refractivity contribution in [2.45, 2.75) is 31.1 Å². The Bertz CT molecular complexity index is 1110. The molecule has 1 saturated heterocycles. The molecule has 1 fully saturated rings. The zero-order valence-electron chi connectivity index (χ0n) is 17.6. The van der Waals surface area contributed by atoms with Crippen LogP contribution in [-0.4, -0.2) is 62.2 Å². The van der Waals surface area contributed by atoms with Crippen molar-refractivity contribution >= 4 is 21.8 Å². The number of piperazine rings is 1. The van der Waals surface area contributed by atoms with E-state index in [-0.39, 0.29) is 31.4 Å². The van der Waals surface area contributed by atoms with Gasteiger partial charge in [0.15, 0.2) is 0 Å². The molecule has 0 bridgehead atoms. The Kier molecular flexibility index (Phi) is 6.11. The number of rotatable bonds is 5. The van der Waals surface area contributed by atoms with Crippen molar-refractivity contribution in [2.24, 2.45) is 0 Å². The van der Waals surface area contributed by atoms with Gasteiger partial charge in [0, 0.05) is 31.7 Å². The van der Waals surface area contributed by atoms with Gasteiger partial charge in [-0.15, -0.1) is 0 Å². The van der Waals surface area contributed by atoms with Gasteiger partial charge in [0.25, 0.3) is 5.91 Å². The van der Waals surface area contributed by atoms with Crippen LogP contribution in [-0.2, 0) is 27.7 Å². The number of benzene rings is 2. The second kappa shape index (κ2) is 8.80. The zero-order valence-corrected chi connectivity index (χ0v) is 18.5. The highest BCUT2D eigenvalue weighted by atomic mass is 32.2. The van der Waals surface area contributed by atoms with Crippen LogP contribution in [0.25, 0.3) is 0 Å². The van der Waals surface area contributed by atoms with E-state index >= 15 is 0 Å². The van der Waals surface area contributed by atoms with Gasteiger partial charge in [-0.05, 0) is 61.1 Å². The molecule has 0 unspecified atom stereocenters. The summed E-state index contributed by atoms with van der Waals surface area (Å²) in [6, 6.07) is 12.6. The van der Waals surface area contributed by atoms with Gasteiger partial charge < -0.3 is 10.2 Å². The second-order valence-electron chi connectivity index (χ2n) is 8.07. The Hall–Kier alpha value is -2.71. The third kappa shape index (κ3) is 4.50. The molecule has 8 heteroatoms. The minimum atomic E-state index is -3.57. The average Bonchev–Trinajstić information content (AvgIpc) is 3.25. The molecule has 0 radical (unpaired) electrons. The summed E-state index contributed by atoms with van der Waals surface area (Å²) in [5, 5.41) is 2.67. The molecule has 2 aliphatic rings. The number of aryl methyl sites for hydroxylation is 3. The van der Waals surface area contributed by atoms with Crippen LogP contribution < -0.4 is 5.32 Å². The lowest BCUT2D eigenvalue weighted by Gasteiger charge is -2.34. The van der Waals surface area contributed by atoms with Crippen molar-refractivity contribution in [1.82, 2.24) is 14.5 Å². The largest absolute Gasteiger partial charge is 0.343 e. The molecule has 0 aromatic heterocycles. The second-order valence-corrected chi connectivity index (χ2v) is 10.0. The highest BCUT2D eigenvalue weighted by molar-refractivity contribution is 7.89. The Morgan fingerprint density at radius 3 is 2.42 bits per heavy atom. The molecule has 7 nitrogen and oxygen atoms in total. The minimum Gasteiger partial charge on any atom is -0.343 e. The summed E-state index contributed by atoms with van der Waals surface area (Å²) in [4.78, 5) is 26.8. The van der Waals surface area contributed by atoms with E-state index in [0.29, 0.717) is 23.5 Å². The summed E-state index contributed by atoms with van der Waals surface area (Å²) in [7, 11) is -3.57. The molecule has 1 aliphatic heterocycles. The van der Waals surface area contributed by atoms with Crippen molar-refractivity contribution in [1.29, 1.82) is 0 Å². The average molecular weight is 442 g/mol. The first-order valence-electron chi connectivity index (χ1n) is 10.6. The van der Waals surface area contributed by atoms with Gasteiger partial charge in [-0.3, -0.25) is 9.59 Å². The third-order valence-corrected chi connectivity index (χ3v) is 7.98. The number of hydrogen-bond acceptors (Lipinski definition) is 4. The van der Waals surface area contributed by atoms with Crippen LogP contribution in [0.1, 0.15) is 33.5 Å². The van der Waals surface area contributed by atoms with Crippen molar-refractivity contribution in [2.75, 3.05) is 32.7 Å². The molecule has 2 aromatic rings. The van der Waals surface area contributed by atoms with E-state index in [4.69, 9.17) is 0 Å². The lowest BCUT2D eigenvalue weighted by atomic mass is 10.1. The van der Waals surface area contributed by atoms with E-state index in [2.05, 4.69) is 5.32 Å². The van der Waals surface area contributed by atoms with Crippen LogP contribution in [0.4, 0.5) is 0 Å². The van der Waals surface area contributed by atoms with E-state index in [1.807, 2.05) is 25.1 Å². The first-order chi connectivity index (χ1) is 14.9. The minimum absolute atomic E-state index is 0.106. The van der Waals surface area contributed by atoms with Gasteiger partial charge in [0.1, 0.15) is 0 Å². The SMILES string of the molecule is Cc1ccccc1C(=O)NCC(=O)N1CCN(S(=O)(=O)c2ccc3c(c2)CCC3)CC1. The van der Waals surface area contributed by atoms with E-state index in [9.17, 15) is 18.0 Å². The maximum Gasteiger partial charge on any atom is 0.251 e. The molecule has 164 valence electrons. The number of carbonyl (C=O) groups excluding carboxylic acids is 2. The molecule has 0 saturated carbocycles. The van der Waals surface area contributed by atoms with E-state index < -0.39 is 10.0 Å². The maximum absolute atomic E-state index is 13.0. The molecule has 4 rings (SSSR count). The normalized spacial score (nSPS) is 16.7. The Morgan fingerprint density at radius 1 is 0.968 bits per heavy atom. The fourth-order valence-corrected chi connectivity index (χ4v) is 5.70. The molecule has 1 aliphatic carbocycles. The number of sulfonamides is 1. The molecule has 1 heterocycles. The summed E-state index contributed by atoms with van der Waals surface area (Å²) in [6.07, 6.45) is 3.01. The summed E-state index contributed by atoms with van der Waals surface area (Å²) in [6.45, 7) is 2.85. The maximum atomic E-state index is 13.0. The first kappa shape index (κ1) is 21.5. The van der Waals surface area contributed by atoms with Crippen LogP contribution in [0.15, 0.2) is 47.4 Å². The number of nitrogens with zero attached hydrogens (tertiary/aromatic N) is 2. The van der Waals surface area contributed by atoms with Crippen molar-refractivity contribution in [3.63, 3.8) is 0 Å². The molecule has 1 N–H and O–H groups in total. The number of amides is 2. The van der Waals surface area contributed by atoms with E-state index in [0.717, 1.165) is 30.4 Å². The molecule has 0 spiro atoms.